The average Bonchev–Trinajstić information content (AvgIpc) is 3.01. The number of methoxy groups -OCH3 is 1. The zero-order valence-electron chi connectivity index (χ0n) is 13.1. The second-order valence-corrected chi connectivity index (χ2v) is 4.97. The van der Waals surface area contributed by atoms with Crippen LogP contribution in [-0.2, 0) is 16.1 Å². The third-order valence-corrected chi connectivity index (χ3v) is 3.27. The van der Waals surface area contributed by atoms with E-state index in [0.717, 1.165) is 23.0 Å². The molecule has 0 aliphatic heterocycles. The van der Waals surface area contributed by atoms with Crippen molar-refractivity contribution >= 4 is 17.1 Å². The van der Waals surface area contributed by atoms with Gasteiger partial charge in [0, 0.05) is 0 Å². The summed E-state index contributed by atoms with van der Waals surface area (Å²) in [6.45, 7) is -0.339. The standard InChI is InChI=1S/C14H10F3N5O4/c1-25-10(23)6-21-7-18-12-11(13(21)24)19-20-22(12)8-2-4-9(5-3-8)26-14(15,16)17/h2-5,7H,6H2,1H3. The molecule has 26 heavy (non-hydrogen) atoms. The summed E-state index contributed by atoms with van der Waals surface area (Å²) in [4.78, 5) is 27.6. The first-order chi connectivity index (χ1) is 12.3. The molecule has 12 heteroatoms. The molecular formula is C14H10F3N5O4. The van der Waals surface area contributed by atoms with E-state index in [1.807, 2.05) is 0 Å². The Morgan fingerprint density at radius 3 is 2.54 bits per heavy atom. The molecule has 0 unspecified atom stereocenters. The number of ether oxygens (including phenoxy) is 2. The smallest absolute Gasteiger partial charge is 0.468 e. The normalized spacial score (nSPS) is 11.5. The second-order valence-electron chi connectivity index (χ2n) is 4.97. The second kappa shape index (κ2) is 6.46. The minimum atomic E-state index is -4.80. The number of hydrogen-bond donors (Lipinski definition) is 0. The number of halogens is 3. The van der Waals surface area contributed by atoms with Crippen molar-refractivity contribution in [3.8, 4) is 11.4 Å². The number of carbonyl (C=O) groups is 1. The van der Waals surface area contributed by atoms with Gasteiger partial charge in [-0.2, -0.15) is 4.68 Å². The summed E-state index contributed by atoms with van der Waals surface area (Å²) in [5.41, 5.74) is -0.309. The number of nitrogens with zero attached hydrogens (tertiary/aromatic N) is 5. The molecule has 3 aromatic rings. The molecule has 0 saturated carbocycles. The molecule has 0 spiro atoms. The zero-order chi connectivity index (χ0) is 18.9. The van der Waals surface area contributed by atoms with Gasteiger partial charge < -0.3 is 9.47 Å². The highest BCUT2D eigenvalue weighted by Crippen LogP contribution is 2.24. The minimum absolute atomic E-state index is 0.0839. The molecule has 0 aliphatic rings. The molecular weight excluding hydrogens is 359 g/mol. The topological polar surface area (TPSA) is 101 Å². The maximum absolute atomic E-state index is 12.3. The quantitative estimate of drug-likeness (QED) is 0.634. The molecule has 1 aromatic carbocycles. The molecule has 0 saturated heterocycles. The molecule has 0 atom stereocenters. The number of esters is 1. The fourth-order valence-corrected chi connectivity index (χ4v) is 2.12. The summed E-state index contributed by atoms with van der Waals surface area (Å²) in [6.07, 6.45) is -3.67. The van der Waals surface area contributed by atoms with Gasteiger partial charge in [-0.05, 0) is 24.3 Å². The molecule has 0 N–H and O–H groups in total. The van der Waals surface area contributed by atoms with Crippen LogP contribution in [0.2, 0.25) is 0 Å². The van der Waals surface area contributed by atoms with Gasteiger partial charge in [0.15, 0.2) is 11.2 Å². The van der Waals surface area contributed by atoms with Crippen LogP contribution in [0.25, 0.3) is 16.9 Å². The van der Waals surface area contributed by atoms with Crippen molar-refractivity contribution < 1.29 is 27.4 Å². The van der Waals surface area contributed by atoms with Crippen LogP contribution < -0.4 is 10.3 Å². The number of hydrogen-bond acceptors (Lipinski definition) is 7. The van der Waals surface area contributed by atoms with Crippen LogP contribution in [0, 0.1) is 0 Å². The zero-order valence-corrected chi connectivity index (χ0v) is 13.1. The van der Waals surface area contributed by atoms with E-state index >= 15 is 0 Å². The maximum atomic E-state index is 12.3. The van der Waals surface area contributed by atoms with Gasteiger partial charge in [0.2, 0.25) is 0 Å². The van der Waals surface area contributed by atoms with Crippen molar-refractivity contribution in [2.45, 2.75) is 12.9 Å². The van der Waals surface area contributed by atoms with Crippen molar-refractivity contribution in [2.24, 2.45) is 0 Å². The summed E-state index contributed by atoms with van der Waals surface area (Å²) in [5, 5.41) is 7.51. The van der Waals surface area contributed by atoms with E-state index in [9.17, 15) is 22.8 Å². The van der Waals surface area contributed by atoms with Crippen LogP contribution >= 0.6 is 0 Å². The Bertz CT molecular complexity index is 1010. The lowest BCUT2D eigenvalue weighted by Crippen LogP contribution is -2.25. The van der Waals surface area contributed by atoms with Crippen molar-refractivity contribution in [3.63, 3.8) is 0 Å². The fourth-order valence-electron chi connectivity index (χ4n) is 2.12. The summed E-state index contributed by atoms with van der Waals surface area (Å²) in [6, 6.07) is 4.79. The minimum Gasteiger partial charge on any atom is -0.468 e. The molecule has 0 aliphatic carbocycles. The Kier molecular flexibility index (Phi) is 4.32. The average molecular weight is 369 g/mol. The Balaban J connectivity index is 1.95. The SMILES string of the molecule is COC(=O)Cn1cnc2c(nnn2-c2ccc(OC(F)(F)F)cc2)c1=O. The summed E-state index contributed by atoms with van der Waals surface area (Å²) in [7, 11) is 1.18. The van der Waals surface area contributed by atoms with Crippen LogP contribution in [0.4, 0.5) is 13.2 Å². The molecule has 0 radical (unpaired) electrons. The molecule has 136 valence electrons. The Hall–Kier alpha value is -3.44. The predicted octanol–water partition coefficient (Wildman–Crippen LogP) is 1.05. The maximum Gasteiger partial charge on any atom is 0.573 e. The van der Waals surface area contributed by atoms with Gasteiger partial charge in [-0.1, -0.05) is 5.21 Å². The van der Waals surface area contributed by atoms with Crippen molar-refractivity contribution in [3.05, 3.63) is 40.9 Å². The third-order valence-electron chi connectivity index (χ3n) is 3.27. The van der Waals surface area contributed by atoms with E-state index in [1.165, 1.54) is 23.9 Å². The van der Waals surface area contributed by atoms with Gasteiger partial charge in [-0.15, -0.1) is 18.3 Å². The van der Waals surface area contributed by atoms with Crippen LogP contribution in [-0.4, -0.2) is 44.0 Å². The van der Waals surface area contributed by atoms with E-state index in [2.05, 4.69) is 24.8 Å². The number of alkyl halides is 3. The molecule has 2 aromatic heterocycles. The number of benzene rings is 1. The van der Waals surface area contributed by atoms with E-state index in [1.54, 1.807) is 0 Å². The van der Waals surface area contributed by atoms with E-state index < -0.39 is 23.6 Å². The van der Waals surface area contributed by atoms with Crippen LogP contribution in [0.5, 0.6) is 5.75 Å². The summed E-state index contributed by atoms with van der Waals surface area (Å²) < 4.78 is 47.0. The van der Waals surface area contributed by atoms with Gasteiger partial charge in [0.05, 0.1) is 12.8 Å². The first-order valence-corrected chi connectivity index (χ1v) is 7.02. The number of rotatable bonds is 4. The van der Waals surface area contributed by atoms with E-state index in [-0.39, 0.29) is 17.7 Å². The third kappa shape index (κ3) is 3.48. The van der Waals surface area contributed by atoms with Crippen molar-refractivity contribution in [2.75, 3.05) is 7.11 Å². The molecule has 3 rings (SSSR count). The molecule has 2 heterocycles. The molecule has 9 nitrogen and oxygen atoms in total. The van der Waals surface area contributed by atoms with Gasteiger partial charge in [0.25, 0.3) is 5.56 Å². The van der Waals surface area contributed by atoms with Crippen molar-refractivity contribution in [1.29, 1.82) is 0 Å². The lowest BCUT2D eigenvalue weighted by atomic mass is 10.3. The number of fused-ring (bicyclic) bond motifs is 1. The highest BCUT2D eigenvalue weighted by molar-refractivity contribution is 5.72. The number of carbonyl (C=O) groups excluding carboxylic acids is 1. The summed E-state index contributed by atoms with van der Waals surface area (Å²) in [5.74, 6) is -1.04. The van der Waals surface area contributed by atoms with Crippen LogP contribution in [0.15, 0.2) is 35.4 Å². The predicted molar refractivity (Wildman–Crippen MR) is 79.6 cm³/mol. The fraction of sp³-hybridized carbons (Fsp3) is 0.214. The Labute approximate surface area is 142 Å². The number of aromatic nitrogens is 5. The lowest BCUT2D eigenvalue weighted by Gasteiger charge is -2.09. The first-order valence-electron chi connectivity index (χ1n) is 7.02. The van der Waals surface area contributed by atoms with E-state index in [4.69, 9.17) is 0 Å². The van der Waals surface area contributed by atoms with E-state index in [0.29, 0.717) is 5.69 Å². The highest BCUT2D eigenvalue weighted by atomic mass is 19.4. The van der Waals surface area contributed by atoms with Gasteiger partial charge in [-0.25, -0.2) is 4.98 Å². The Morgan fingerprint density at radius 1 is 1.23 bits per heavy atom. The van der Waals surface area contributed by atoms with Crippen LogP contribution in [0.1, 0.15) is 0 Å². The lowest BCUT2D eigenvalue weighted by molar-refractivity contribution is -0.274. The largest absolute Gasteiger partial charge is 0.573 e. The monoisotopic (exact) mass is 369 g/mol. The van der Waals surface area contributed by atoms with Gasteiger partial charge >= 0.3 is 12.3 Å². The van der Waals surface area contributed by atoms with Gasteiger partial charge in [-0.3, -0.25) is 14.2 Å². The van der Waals surface area contributed by atoms with Crippen molar-refractivity contribution in [1.82, 2.24) is 24.5 Å². The molecule has 0 fully saturated rings. The van der Waals surface area contributed by atoms with Crippen LogP contribution in [0.3, 0.4) is 0 Å². The first kappa shape index (κ1) is 17.4. The molecule has 0 bridgehead atoms. The van der Waals surface area contributed by atoms with Gasteiger partial charge in [0.1, 0.15) is 18.6 Å². The highest BCUT2D eigenvalue weighted by Gasteiger charge is 2.31. The Morgan fingerprint density at radius 2 is 1.92 bits per heavy atom. The summed E-state index contributed by atoms with van der Waals surface area (Å²) >= 11 is 0. The molecule has 0 amide bonds.